The van der Waals surface area contributed by atoms with Crippen LogP contribution in [0.25, 0.3) is 17.1 Å². The molecule has 5 aromatic rings. The summed E-state index contributed by atoms with van der Waals surface area (Å²) in [6.45, 7) is 4.50. The largest absolute Gasteiger partial charge is 0.467 e. The lowest BCUT2D eigenvalue weighted by atomic mass is 10.2. The summed E-state index contributed by atoms with van der Waals surface area (Å²) in [7, 11) is 0. The molecule has 0 N–H and O–H groups in total. The third kappa shape index (κ3) is 4.34. The Morgan fingerprint density at radius 1 is 0.941 bits per heavy atom. The molecule has 0 saturated carbocycles. The summed E-state index contributed by atoms with van der Waals surface area (Å²) >= 11 is 1.40. The normalized spacial score (nSPS) is 11.1. The zero-order chi connectivity index (χ0) is 23.5. The number of para-hydroxylation sites is 1. The molecule has 0 amide bonds. The zero-order valence-electron chi connectivity index (χ0n) is 19.0. The molecule has 7 heteroatoms. The van der Waals surface area contributed by atoms with Gasteiger partial charge in [0.1, 0.15) is 5.76 Å². The predicted molar refractivity (Wildman–Crippen MR) is 134 cm³/mol. The summed E-state index contributed by atoms with van der Waals surface area (Å²) in [5.74, 6) is 1.88. The number of furan rings is 1. The molecule has 0 atom stereocenters. The number of hydrogen-bond donors (Lipinski definition) is 0. The Bertz CT molecular complexity index is 1400. The van der Waals surface area contributed by atoms with Gasteiger partial charge in [0.2, 0.25) is 0 Å². The van der Waals surface area contributed by atoms with Crippen molar-refractivity contribution in [1.82, 2.24) is 19.3 Å². The van der Waals surface area contributed by atoms with Gasteiger partial charge in [-0.1, -0.05) is 60.3 Å². The number of carbonyl (C=O) groups is 1. The van der Waals surface area contributed by atoms with Gasteiger partial charge in [-0.15, -0.1) is 10.2 Å². The van der Waals surface area contributed by atoms with Gasteiger partial charge in [-0.2, -0.15) is 0 Å². The first-order valence-corrected chi connectivity index (χ1v) is 12.0. The van der Waals surface area contributed by atoms with Crippen molar-refractivity contribution in [2.75, 3.05) is 5.75 Å². The zero-order valence-corrected chi connectivity index (χ0v) is 19.8. The number of rotatable bonds is 8. The van der Waals surface area contributed by atoms with Gasteiger partial charge in [0, 0.05) is 28.2 Å². The highest BCUT2D eigenvalue weighted by Gasteiger charge is 2.20. The second-order valence-corrected chi connectivity index (χ2v) is 8.95. The van der Waals surface area contributed by atoms with Crippen molar-refractivity contribution in [2.45, 2.75) is 25.5 Å². The van der Waals surface area contributed by atoms with Gasteiger partial charge in [0.05, 0.1) is 18.6 Å². The van der Waals surface area contributed by atoms with Crippen LogP contribution in [0.5, 0.6) is 0 Å². The Kier molecular flexibility index (Phi) is 6.18. The van der Waals surface area contributed by atoms with Crippen molar-refractivity contribution in [3.05, 3.63) is 108 Å². The Morgan fingerprint density at radius 2 is 1.68 bits per heavy atom. The number of aromatic nitrogens is 4. The standard InChI is InChI=1S/C27H24N4O2S/c1-19-16-24(20(2)31(19)22-12-7-4-8-13-22)25(32)18-34-27-29-28-26(21-10-5-3-6-11-21)30(27)17-23-14-9-15-33-23/h3-16H,17-18H2,1-2H3. The van der Waals surface area contributed by atoms with Crippen molar-refractivity contribution >= 4 is 17.5 Å². The van der Waals surface area contributed by atoms with Crippen molar-refractivity contribution in [2.24, 2.45) is 0 Å². The molecule has 5 rings (SSSR count). The molecule has 0 aliphatic heterocycles. The quantitative estimate of drug-likeness (QED) is 0.207. The van der Waals surface area contributed by atoms with Crippen LogP contribution in [0.15, 0.2) is 94.7 Å². The monoisotopic (exact) mass is 468 g/mol. The van der Waals surface area contributed by atoms with Crippen LogP contribution in [0.2, 0.25) is 0 Å². The summed E-state index contributed by atoms with van der Waals surface area (Å²) in [6.07, 6.45) is 1.65. The molecule has 0 fully saturated rings. The summed E-state index contributed by atoms with van der Waals surface area (Å²) in [4.78, 5) is 13.2. The van der Waals surface area contributed by atoms with Crippen LogP contribution >= 0.6 is 11.8 Å². The smallest absolute Gasteiger partial charge is 0.192 e. The van der Waals surface area contributed by atoms with Crippen LogP contribution in [0.4, 0.5) is 0 Å². The molecule has 2 aromatic carbocycles. The van der Waals surface area contributed by atoms with Gasteiger partial charge in [0.15, 0.2) is 16.8 Å². The summed E-state index contributed by atoms with van der Waals surface area (Å²) < 4.78 is 9.68. The molecule has 34 heavy (non-hydrogen) atoms. The third-order valence-corrected chi connectivity index (χ3v) is 6.69. The van der Waals surface area contributed by atoms with E-state index in [0.29, 0.717) is 11.7 Å². The van der Waals surface area contributed by atoms with E-state index >= 15 is 0 Å². The lowest BCUT2D eigenvalue weighted by Crippen LogP contribution is -2.08. The number of aryl methyl sites for hydroxylation is 1. The lowest BCUT2D eigenvalue weighted by Gasteiger charge is -2.10. The molecule has 0 aliphatic rings. The van der Waals surface area contributed by atoms with Crippen LogP contribution < -0.4 is 0 Å². The molecule has 3 aromatic heterocycles. The number of ketones is 1. The van der Waals surface area contributed by atoms with Gasteiger partial charge < -0.3 is 8.98 Å². The van der Waals surface area contributed by atoms with Gasteiger partial charge >= 0.3 is 0 Å². The van der Waals surface area contributed by atoms with E-state index in [1.54, 1.807) is 6.26 Å². The van der Waals surface area contributed by atoms with E-state index in [-0.39, 0.29) is 11.5 Å². The van der Waals surface area contributed by atoms with Crippen molar-refractivity contribution in [3.63, 3.8) is 0 Å². The van der Waals surface area contributed by atoms with Crippen LogP contribution in [0.3, 0.4) is 0 Å². The van der Waals surface area contributed by atoms with E-state index < -0.39 is 0 Å². The van der Waals surface area contributed by atoms with Crippen molar-refractivity contribution in [1.29, 1.82) is 0 Å². The first-order chi connectivity index (χ1) is 16.6. The van der Waals surface area contributed by atoms with E-state index in [0.717, 1.165) is 39.8 Å². The van der Waals surface area contributed by atoms with Gasteiger partial charge in [0.25, 0.3) is 0 Å². The second-order valence-electron chi connectivity index (χ2n) is 8.01. The summed E-state index contributed by atoms with van der Waals surface area (Å²) in [5.41, 5.74) is 4.72. The molecule has 0 unspecified atom stereocenters. The van der Waals surface area contributed by atoms with Crippen LogP contribution in [-0.4, -0.2) is 30.9 Å². The number of thioether (sulfide) groups is 1. The Hall–Kier alpha value is -3.84. The fourth-order valence-electron chi connectivity index (χ4n) is 4.12. The molecule has 0 aliphatic carbocycles. The molecule has 170 valence electrons. The molecule has 0 saturated heterocycles. The highest BCUT2D eigenvalue weighted by molar-refractivity contribution is 7.99. The number of benzene rings is 2. The number of carbonyl (C=O) groups excluding carboxylic acids is 1. The third-order valence-electron chi connectivity index (χ3n) is 5.72. The van der Waals surface area contributed by atoms with Gasteiger partial charge in [-0.25, -0.2) is 0 Å². The average Bonchev–Trinajstić information content (AvgIpc) is 3.59. The molecule has 3 heterocycles. The summed E-state index contributed by atoms with van der Waals surface area (Å²) in [5, 5.41) is 9.52. The number of nitrogens with zero attached hydrogens (tertiary/aromatic N) is 4. The molecular formula is C27H24N4O2S. The lowest BCUT2D eigenvalue weighted by molar-refractivity contribution is 0.102. The fraction of sp³-hybridized carbons (Fsp3) is 0.148. The molecule has 0 bridgehead atoms. The topological polar surface area (TPSA) is 65.8 Å². The van der Waals surface area contributed by atoms with Crippen molar-refractivity contribution in [3.8, 4) is 17.1 Å². The number of Topliss-reactive ketones (excluding diaryl/α,β-unsaturated/α-hetero) is 1. The first-order valence-electron chi connectivity index (χ1n) is 11.0. The minimum absolute atomic E-state index is 0.0640. The minimum Gasteiger partial charge on any atom is -0.467 e. The Morgan fingerprint density at radius 3 is 2.38 bits per heavy atom. The van der Waals surface area contributed by atoms with Crippen LogP contribution in [-0.2, 0) is 6.54 Å². The van der Waals surface area contributed by atoms with E-state index in [9.17, 15) is 4.79 Å². The first kappa shape index (κ1) is 22.0. The van der Waals surface area contributed by atoms with E-state index in [1.807, 2.05) is 97.3 Å². The highest BCUT2D eigenvalue weighted by atomic mass is 32.2. The molecule has 0 spiro atoms. The molecule has 6 nitrogen and oxygen atoms in total. The highest BCUT2D eigenvalue weighted by Crippen LogP contribution is 2.27. The number of hydrogen-bond acceptors (Lipinski definition) is 5. The fourth-order valence-corrected chi connectivity index (χ4v) is 4.95. The van der Waals surface area contributed by atoms with Crippen LogP contribution in [0.1, 0.15) is 27.5 Å². The molecule has 0 radical (unpaired) electrons. The summed E-state index contributed by atoms with van der Waals surface area (Å²) in [6, 6.07) is 25.8. The SMILES string of the molecule is Cc1cc(C(=O)CSc2nnc(-c3ccccc3)n2Cc2ccco2)c(C)n1-c1ccccc1. The van der Waals surface area contributed by atoms with Gasteiger partial charge in [-0.3, -0.25) is 9.36 Å². The minimum atomic E-state index is 0.0640. The maximum Gasteiger partial charge on any atom is 0.192 e. The van der Waals surface area contributed by atoms with E-state index in [4.69, 9.17) is 4.42 Å². The maximum absolute atomic E-state index is 13.2. The molecular weight excluding hydrogens is 444 g/mol. The predicted octanol–water partition coefficient (Wildman–Crippen LogP) is 5.97. The average molecular weight is 469 g/mol. The van der Waals surface area contributed by atoms with Crippen molar-refractivity contribution < 1.29 is 9.21 Å². The Balaban J connectivity index is 1.40. The van der Waals surface area contributed by atoms with E-state index in [1.165, 1.54) is 11.8 Å². The maximum atomic E-state index is 13.2. The van der Waals surface area contributed by atoms with Gasteiger partial charge in [-0.05, 0) is 44.2 Å². The van der Waals surface area contributed by atoms with Crippen LogP contribution in [0, 0.1) is 13.8 Å². The second kappa shape index (κ2) is 9.57. The Labute approximate surface area is 202 Å². The van der Waals surface area contributed by atoms with E-state index in [2.05, 4.69) is 14.8 Å².